The number of rotatable bonds is 11. The zero-order valence-electron chi connectivity index (χ0n) is 21.3. The van der Waals surface area contributed by atoms with Crippen molar-refractivity contribution in [1.82, 2.24) is 0 Å². The molecular formula is C29H40F4O2. The molecule has 2 rings (SSSR count). The van der Waals surface area contributed by atoms with E-state index in [1.54, 1.807) is 19.1 Å². The molecule has 0 aromatic heterocycles. The van der Waals surface area contributed by atoms with E-state index in [1.165, 1.54) is 7.11 Å². The number of benzene rings is 1. The van der Waals surface area contributed by atoms with Gasteiger partial charge in [0.25, 0.3) is 0 Å². The van der Waals surface area contributed by atoms with Crippen molar-refractivity contribution < 1.29 is 27.4 Å². The number of aliphatic hydroxyl groups is 1. The summed E-state index contributed by atoms with van der Waals surface area (Å²) in [4.78, 5) is 0. The Kier molecular flexibility index (Phi) is 13.1. The van der Waals surface area contributed by atoms with Gasteiger partial charge in [-0.25, -0.2) is 13.2 Å². The highest BCUT2D eigenvalue weighted by atomic mass is 19.2. The summed E-state index contributed by atoms with van der Waals surface area (Å²) in [6, 6.07) is 3.35. The molecule has 35 heavy (non-hydrogen) atoms. The number of ether oxygens (including phenoxy) is 1. The van der Waals surface area contributed by atoms with Gasteiger partial charge < -0.3 is 9.84 Å². The molecule has 1 fully saturated rings. The third kappa shape index (κ3) is 8.68. The minimum Gasteiger partial charge on any atom is -0.494 e. The quantitative estimate of drug-likeness (QED) is 0.144. The van der Waals surface area contributed by atoms with Crippen LogP contribution >= 0.6 is 0 Å². The average Bonchev–Trinajstić information content (AvgIpc) is 2.88. The molecular weight excluding hydrogens is 456 g/mol. The number of methoxy groups -OCH3 is 1. The van der Waals surface area contributed by atoms with E-state index in [0.29, 0.717) is 62.5 Å². The Morgan fingerprint density at radius 1 is 0.971 bits per heavy atom. The Morgan fingerprint density at radius 2 is 1.57 bits per heavy atom. The summed E-state index contributed by atoms with van der Waals surface area (Å²) >= 11 is 0. The second-order valence-corrected chi connectivity index (χ2v) is 9.35. The largest absolute Gasteiger partial charge is 0.494 e. The van der Waals surface area contributed by atoms with Crippen LogP contribution in [-0.4, -0.2) is 18.3 Å². The third-order valence-corrected chi connectivity index (χ3v) is 6.89. The molecule has 1 aromatic rings. The topological polar surface area (TPSA) is 29.5 Å². The molecule has 2 nitrogen and oxygen atoms in total. The number of halogens is 4. The van der Waals surface area contributed by atoms with Crippen LogP contribution in [-0.2, 0) is 11.2 Å². The molecule has 0 saturated heterocycles. The van der Waals surface area contributed by atoms with Crippen LogP contribution in [0, 0.1) is 23.5 Å². The summed E-state index contributed by atoms with van der Waals surface area (Å²) < 4.78 is 62.1. The van der Waals surface area contributed by atoms with Crippen molar-refractivity contribution in [3.8, 4) is 0 Å². The molecule has 1 aromatic carbocycles. The van der Waals surface area contributed by atoms with E-state index in [2.05, 4.69) is 31.1 Å². The molecule has 2 atom stereocenters. The first kappa shape index (κ1) is 30.7. The van der Waals surface area contributed by atoms with Gasteiger partial charge in [0.15, 0.2) is 23.3 Å². The monoisotopic (exact) mass is 496 g/mol. The van der Waals surface area contributed by atoms with Crippen molar-refractivity contribution in [1.29, 1.82) is 0 Å². The van der Waals surface area contributed by atoms with Crippen molar-refractivity contribution >= 4 is 0 Å². The fraction of sp³-hybridized carbons (Fsp3) is 0.517. The fourth-order valence-electron chi connectivity index (χ4n) is 4.32. The summed E-state index contributed by atoms with van der Waals surface area (Å²) in [6.07, 6.45) is 4.57. The van der Waals surface area contributed by atoms with E-state index in [4.69, 9.17) is 0 Å². The lowest BCUT2D eigenvalue weighted by Crippen LogP contribution is -2.18. The molecule has 0 spiro atoms. The molecule has 0 aliphatic heterocycles. The van der Waals surface area contributed by atoms with E-state index in [-0.39, 0.29) is 35.2 Å². The zero-order chi connectivity index (χ0) is 26.7. The molecule has 0 amide bonds. The maximum absolute atomic E-state index is 14.7. The van der Waals surface area contributed by atoms with Crippen LogP contribution < -0.4 is 0 Å². The van der Waals surface area contributed by atoms with Gasteiger partial charge in [-0.3, -0.25) is 0 Å². The van der Waals surface area contributed by atoms with Crippen LogP contribution in [0.5, 0.6) is 0 Å². The molecule has 196 valence electrons. The lowest BCUT2D eigenvalue weighted by atomic mass is 9.82. The first-order chi connectivity index (χ1) is 16.6. The van der Waals surface area contributed by atoms with Gasteiger partial charge in [-0.2, -0.15) is 4.39 Å². The van der Waals surface area contributed by atoms with Gasteiger partial charge in [0.1, 0.15) is 5.76 Å². The standard InChI is InChI=1S/C27H36F4O2.C2H4/c1-16(6-8-17(2)18(3)24(28)25(29)19(4)33-5)7-9-21-12-15-23(27(31)26(21)30)20-10-13-22(32)14-11-20;1-2/h12,15-17,20,22,32H,3-4,6-11,13-14H2,1-2,5H3;1-2H2/b25-24-;. The first-order valence-electron chi connectivity index (χ1n) is 12.2. The van der Waals surface area contributed by atoms with Crippen LogP contribution in [0.1, 0.15) is 75.8 Å². The molecule has 0 heterocycles. The lowest BCUT2D eigenvalue weighted by molar-refractivity contribution is 0.122. The smallest absolute Gasteiger partial charge is 0.200 e. The summed E-state index contributed by atoms with van der Waals surface area (Å²) in [7, 11) is 1.21. The Morgan fingerprint density at radius 3 is 2.14 bits per heavy atom. The van der Waals surface area contributed by atoms with Crippen molar-refractivity contribution in [3.05, 3.63) is 84.2 Å². The Labute approximate surface area is 208 Å². The summed E-state index contributed by atoms with van der Waals surface area (Å²) in [6.45, 7) is 16.7. The van der Waals surface area contributed by atoms with Crippen LogP contribution in [0.3, 0.4) is 0 Å². The molecule has 1 N–H and O–H groups in total. The van der Waals surface area contributed by atoms with Gasteiger partial charge >= 0.3 is 0 Å². The Balaban J connectivity index is 0.00000298. The number of aliphatic hydroxyl groups excluding tert-OH is 1. The Bertz CT molecular complexity index is 885. The fourth-order valence-corrected chi connectivity index (χ4v) is 4.32. The van der Waals surface area contributed by atoms with Gasteiger partial charge in [-0.05, 0) is 79.4 Å². The highest BCUT2D eigenvalue weighted by molar-refractivity contribution is 5.33. The summed E-state index contributed by atoms with van der Waals surface area (Å²) in [5, 5.41) is 9.64. The number of hydrogen-bond donors (Lipinski definition) is 1. The highest BCUT2D eigenvalue weighted by Gasteiger charge is 2.25. The number of allylic oxidation sites excluding steroid dienone is 3. The van der Waals surface area contributed by atoms with Crippen LogP contribution in [0.25, 0.3) is 0 Å². The third-order valence-electron chi connectivity index (χ3n) is 6.89. The maximum atomic E-state index is 14.7. The molecule has 2 unspecified atom stereocenters. The minimum atomic E-state index is -1.15. The van der Waals surface area contributed by atoms with E-state index < -0.39 is 23.3 Å². The summed E-state index contributed by atoms with van der Waals surface area (Å²) in [5.74, 6) is -4.28. The van der Waals surface area contributed by atoms with Crippen molar-refractivity contribution in [2.75, 3.05) is 7.11 Å². The number of aryl methyl sites for hydroxylation is 1. The van der Waals surface area contributed by atoms with Gasteiger partial charge in [-0.1, -0.05) is 45.6 Å². The van der Waals surface area contributed by atoms with E-state index in [9.17, 15) is 22.7 Å². The molecule has 0 radical (unpaired) electrons. The first-order valence-corrected chi connectivity index (χ1v) is 12.2. The second kappa shape index (κ2) is 14.9. The maximum Gasteiger partial charge on any atom is 0.200 e. The second-order valence-electron chi connectivity index (χ2n) is 9.35. The number of hydrogen-bond acceptors (Lipinski definition) is 2. The van der Waals surface area contributed by atoms with Gasteiger partial charge in [0.2, 0.25) is 0 Å². The zero-order valence-corrected chi connectivity index (χ0v) is 21.3. The molecule has 6 heteroatoms. The molecule has 0 bridgehead atoms. The molecule has 1 aliphatic rings. The van der Waals surface area contributed by atoms with Crippen LogP contribution in [0.4, 0.5) is 17.6 Å². The predicted octanol–water partition coefficient (Wildman–Crippen LogP) is 8.64. The van der Waals surface area contributed by atoms with Crippen LogP contribution in [0.15, 0.2) is 61.4 Å². The minimum absolute atomic E-state index is 0.0502. The van der Waals surface area contributed by atoms with Gasteiger partial charge in [0, 0.05) is 0 Å². The lowest BCUT2D eigenvalue weighted by Gasteiger charge is -2.26. The average molecular weight is 497 g/mol. The highest BCUT2D eigenvalue weighted by Crippen LogP contribution is 2.36. The van der Waals surface area contributed by atoms with Gasteiger partial charge in [-0.15, -0.1) is 13.2 Å². The van der Waals surface area contributed by atoms with Gasteiger partial charge in [0.05, 0.1) is 13.2 Å². The van der Waals surface area contributed by atoms with E-state index in [0.717, 1.165) is 0 Å². The normalized spacial score (nSPS) is 20.1. The van der Waals surface area contributed by atoms with Crippen molar-refractivity contribution in [2.45, 2.75) is 77.2 Å². The Hall–Kier alpha value is -2.34. The molecule has 1 aliphatic carbocycles. The summed E-state index contributed by atoms with van der Waals surface area (Å²) in [5.41, 5.74) is 0.810. The van der Waals surface area contributed by atoms with Crippen molar-refractivity contribution in [3.63, 3.8) is 0 Å². The van der Waals surface area contributed by atoms with Crippen LogP contribution in [0.2, 0.25) is 0 Å². The van der Waals surface area contributed by atoms with E-state index in [1.807, 2.05) is 6.92 Å². The van der Waals surface area contributed by atoms with E-state index >= 15 is 0 Å². The SMILES string of the molecule is C=C.C=C(OC)/C(F)=C(/F)C(=C)C(C)CCC(C)CCc1ccc(C2CCC(O)CC2)c(F)c1F. The van der Waals surface area contributed by atoms with Crippen molar-refractivity contribution in [2.24, 2.45) is 11.8 Å². The predicted molar refractivity (Wildman–Crippen MR) is 135 cm³/mol. The molecule has 1 saturated carbocycles.